The maximum absolute atomic E-state index is 11.1. The summed E-state index contributed by atoms with van der Waals surface area (Å²) < 4.78 is 9.82. The van der Waals surface area contributed by atoms with Crippen LogP contribution in [0, 0.1) is 0 Å². The zero-order valence-electron chi connectivity index (χ0n) is 9.31. The summed E-state index contributed by atoms with van der Waals surface area (Å²) in [6.45, 7) is 5.83. The SMILES string of the molecule is C=C(CC(=O)OCC)C[C@H](O)c1ccco1. The molecule has 0 aliphatic rings. The van der Waals surface area contributed by atoms with Gasteiger partial charge in [0.1, 0.15) is 11.9 Å². The van der Waals surface area contributed by atoms with Crippen LogP contribution in [0.15, 0.2) is 35.0 Å². The summed E-state index contributed by atoms with van der Waals surface area (Å²) in [4.78, 5) is 11.1. The highest BCUT2D eigenvalue weighted by molar-refractivity contribution is 5.72. The Morgan fingerprint density at radius 2 is 2.44 bits per heavy atom. The van der Waals surface area contributed by atoms with Crippen molar-refractivity contribution in [2.75, 3.05) is 6.61 Å². The Balaban J connectivity index is 2.37. The van der Waals surface area contributed by atoms with Crippen molar-refractivity contribution < 1.29 is 19.1 Å². The number of aliphatic hydroxyl groups is 1. The van der Waals surface area contributed by atoms with Crippen LogP contribution in [-0.2, 0) is 9.53 Å². The number of hydrogen-bond acceptors (Lipinski definition) is 4. The minimum atomic E-state index is -0.753. The smallest absolute Gasteiger partial charge is 0.309 e. The third kappa shape index (κ3) is 3.90. The van der Waals surface area contributed by atoms with E-state index >= 15 is 0 Å². The van der Waals surface area contributed by atoms with E-state index in [4.69, 9.17) is 9.15 Å². The molecule has 0 aliphatic carbocycles. The number of carbonyl (C=O) groups is 1. The summed E-state index contributed by atoms with van der Waals surface area (Å²) in [5, 5.41) is 9.72. The standard InChI is InChI=1S/C12H16O4/c1-3-15-12(14)8-9(2)7-10(13)11-5-4-6-16-11/h4-6,10,13H,2-3,7-8H2,1H3/t10-/m0/s1. The van der Waals surface area contributed by atoms with Crippen LogP contribution in [0.5, 0.6) is 0 Å². The first-order valence-electron chi connectivity index (χ1n) is 5.17. The zero-order valence-corrected chi connectivity index (χ0v) is 9.31. The van der Waals surface area contributed by atoms with Crippen LogP contribution >= 0.6 is 0 Å². The number of esters is 1. The molecule has 16 heavy (non-hydrogen) atoms. The molecule has 1 N–H and O–H groups in total. The normalized spacial score (nSPS) is 12.1. The van der Waals surface area contributed by atoms with Gasteiger partial charge in [-0.2, -0.15) is 0 Å². The number of ether oxygens (including phenoxy) is 1. The Kier molecular flexibility index (Phi) is 4.79. The van der Waals surface area contributed by atoms with Crippen LogP contribution in [0.3, 0.4) is 0 Å². The number of carbonyl (C=O) groups excluding carboxylic acids is 1. The van der Waals surface area contributed by atoms with E-state index in [1.165, 1.54) is 6.26 Å². The lowest BCUT2D eigenvalue weighted by atomic mass is 10.1. The summed E-state index contributed by atoms with van der Waals surface area (Å²) in [7, 11) is 0. The Morgan fingerprint density at radius 3 is 3.00 bits per heavy atom. The summed E-state index contributed by atoms with van der Waals surface area (Å²) in [5.41, 5.74) is 0.627. The average Bonchev–Trinajstić information content (AvgIpc) is 2.69. The molecule has 0 bridgehead atoms. The van der Waals surface area contributed by atoms with Crippen molar-refractivity contribution in [3.63, 3.8) is 0 Å². The monoisotopic (exact) mass is 224 g/mol. The predicted octanol–water partition coefficient (Wildman–Crippen LogP) is 2.21. The van der Waals surface area contributed by atoms with Gasteiger partial charge in [0.15, 0.2) is 0 Å². The van der Waals surface area contributed by atoms with Crippen molar-refractivity contribution in [1.29, 1.82) is 0 Å². The highest BCUT2D eigenvalue weighted by Gasteiger charge is 2.14. The molecular weight excluding hydrogens is 208 g/mol. The van der Waals surface area contributed by atoms with E-state index in [2.05, 4.69) is 6.58 Å². The highest BCUT2D eigenvalue weighted by Crippen LogP contribution is 2.22. The predicted molar refractivity (Wildman–Crippen MR) is 58.7 cm³/mol. The fourth-order valence-electron chi connectivity index (χ4n) is 1.34. The molecule has 0 radical (unpaired) electrons. The molecule has 0 amide bonds. The highest BCUT2D eigenvalue weighted by atomic mass is 16.5. The second-order valence-corrected chi connectivity index (χ2v) is 3.47. The van der Waals surface area contributed by atoms with Gasteiger partial charge in [-0.25, -0.2) is 0 Å². The molecule has 0 unspecified atom stereocenters. The van der Waals surface area contributed by atoms with Gasteiger partial charge in [-0.05, 0) is 19.1 Å². The Hall–Kier alpha value is -1.55. The van der Waals surface area contributed by atoms with E-state index < -0.39 is 6.10 Å². The topological polar surface area (TPSA) is 59.7 Å². The Morgan fingerprint density at radius 1 is 1.69 bits per heavy atom. The van der Waals surface area contributed by atoms with Crippen LogP contribution in [0.2, 0.25) is 0 Å². The third-order valence-corrected chi connectivity index (χ3v) is 2.05. The molecule has 88 valence electrons. The van der Waals surface area contributed by atoms with Crippen LogP contribution < -0.4 is 0 Å². The van der Waals surface area contributed by atoms with Crippen molar-refractivity contribution in [3.05, 3.63) is 36.3 Å². The van der Waals surface area contributed by atoms with E-state index in [1.807, 2.05) is 0 Å². The first-order valence-corrected chi connectivity index (χ1v) is 5.17. The molecule has 0 saturated heterocycles. The van der Waals surface area contributed by atoms with Gasteiger partial charge in [0.2, 0.25) is 0 Å². The minimum absolute atomic E-state index is 0.131. The van der Waals surface area contributed by atoms with E-state index in [0.29, 0.717) is 24.4 Å². The summed E-state index contributed by atoms with van der Waals surface area (Å²) in [5.74, 6) is 0.157. The van der Waals surface area contributed by atoms with Gasteiger partial charge in [0, 0.05) is 6.42 Å². The summed E-state index contributed by atoms with van der Waals surface area (Å²) in [6, 6.07) is 3.38. The molecule has 0 fully saturated rings. The van der Waals surface area contributed by atoms with Gasteiger partial charge in [-0.3, -0.25) is 4.79 Å². The number of aliphatic hydroxyl groups excluding tert-OH is 1. The molecule has 1 aromatic rings. The van der Waals surface area contributed by atoms with Crippen molar-refractivity contribution in [3.8, 4) is 0 Å². The Bertz CT molecular complexity index is 340. The maximum Gasteiger partial charge on any atom is 0.309 e. The van der Waals surface area contributed by atoms with Crippen LogP contribution in [0.25, 0.3) is 0 Å². The van der Waals surface area contributed by atoms with E-state index in [0.717, 1.165) is 0 Å². The fourth-order valence-corrected chi connectivity index (χ4v) is 1.34. The van der Waals surface area contributed by atoms with E-state index in [9.17, 15) is 9.90 Å². The molecule has 1 rings (SSSR count). The second-order valence-electron chi connectivity index (χ2n) is 3.47. The maximum atomic E-state index is 11.1. The molecule has 0 aromatic carbocycles. The number of hydrogen-bond donors (Lipinski definition) is 1. The van der Waals surface area contributed by atoms with Crippen LogP contribution in [0.4, 0.5) is 0 Å². The third-order valence-electron chi connectivity index (χ3n) is 2.05. The quantitative estimate of drug-likeness (QED) is 0.594. The summed E-state index contributed by atoms with van der Waals surface area (Å²) in [6.07, 6.45) is 1.17. The average molecular weight is 224 g/mol. The molecule has 1 heterocycles. The van der Waals surface area contributed by atoms with Gasteiger partial charge in [-0.1, -0.05) is 12.2 Å². The van der Waals surface area contributed by atoms with Crippen molar-refractivity contribution in [1.82, 2.24) is 0 Å². The van der Waals surface area contributed by atoms with Gasteiger partial charge in [-0.15, -0.1) is 0 Å². The number of furan rings is 1. The lowest BCUT2D eigenvalue weighted by Crippen LogP contribution is -2.06. The molecule has 4 heteroatoms. The first-order chi connectivity index (χ1) is 7.63. The lowest BCUT2D eigenvalue weighted by Gasteiger charge is -2.09. The van der Waals surface area contributed by atoms with Crippen molar-refractivity contribution >= 4 is 5.97 Å². The van der Waals surface area contributed by atoms with Crippen molar-refractivity contribution in [2.24, 2.45) is 0 Å². The number of rotatable bonds is 6. The molecule has 4 nitrogen and oxygen atoms in total. The molecule has 0 spiro atoms. The van der Waals surface area contributed by atoms with Crippen LogP contribution in [0.1, 0.15) is 31.6 Å². The second kappa shape index (κ2) is 6.12. The fraction of sp³-hybridized carbons (Fsp3) is 0.417. The minimum Gasteiger partial charge on any atom is -0.467 e. The lowest BCUT2D eigenvalue weighted by molar-refractivity contribution is -0.142. The van der Waals surface area contributed by atoms with Gasteiger partial charge in [0.05, 0.1) is 19.3 Å². The van der Waals surface area contributed by atoms with Gasteiger partial charge in [0.25, 0.3) is 0 Å². The summed E-state index contributed by atoms with van der Waals surface area (Å²) >= 11 is 0. The molecular formula is C12H16O4. The molecule has 0 aliphatic heterocycles. The van der Waals surface area contributed by atoms with Gasteiger partial charge >= 0.3 is 5.97 Å². The van der Waals surface area contributed by atoms with E-state index in [1.54, 1.807) is 19.1 Å². The molecule has 0 saturated carbocycles. The zero-order chi connectivity index (χ0) is 12.0. The van der Waals surface area contributed by atoms with Crippen LogP contribution in [-0.4, -0.2) is 17.7 Å². The first kappa shape index (κ1) is 12.5. The largest absolute Gasteiger partial charge is 0.467 e. The van der Waals surface area contributed by atoms with E-state index in [-0.39, 0.29) is 12.4 Å². The van der Waals surface area contributed by atoms with Gasteiger partial charge < -0.3 is 14.3 Å². The Labute approximate surface area is 94.5 Å². The molecule has 1 aromatic heterocycles. The molecule has 1 atom stereocenters. The van der Waals surface area contributed by atoms with Crippen molar-refractivity contribution in [2.45, 2.75) is 25.9 Å².